The highest BCUT2D eigenvalue weighted by Crippen LogP contribution is 2.19. The van der Waals surface area contributed by atoms with Crippen molar-refractivity contribution in [2.24, 2.45) is 5.92 Å². The highest BCUT2D eigenvalue weighted by atomic mass is 14.3. The molecule has 0 saturated heterocycles. The summed E-state index contributed by atoms with van der Waals surface area (Å²) in [6, 6.07) is 6.42. The third-order valence-electron chi connectivity index (χ3n) is 2.43. The molecule has 0 aliphatic rings. The fourth-order valence-electron chi connectivity index (χ4n) is 1.58. The summed E-state index contributed by atoms with van der Waals surface area (Å²) in [5.41, 5.74) is 0. The van der Waals surface area contributed by atoms with Crippen molar-refractivity contribution >= 4 is 0 Å². The summed E-state index contributed by atoms with van der Waals surface area (Å²) in [5.74, 6) is 0.419. The number of hydrogen-bond acceptors (Lipinski definition) is 3. The molecule has 15 heavy (non-hydrogen) atoms. The summed E-state index contributed by atoms with van der Waals surface area (Å²) >= 11 is 0. The quantitative estimate of drug-likeness (QED) is 0.568. The van der Waals surface area contributed by atoms with Gasteiger partial charge in [-0.15, -0.1) is 0 Å². The molecule has 80 valence electrons. The molecule has 0 bridgehead atoms. The molecule has 0 radical (unpaired) electrons. The molecule has 0 heterocycles. The molecule has 0 N–H and O–H groups in total. The van der Waals surface area contributed by atoms with Gasteiger partial charge in [-0.05, 0) is 31.6 Å². The summed E-state index contributed by atoms with van der Waals surface area (Å²) in [6.45, 7) is 0. The Bertz CT molecular complexity index is 264. The van der Waals surface area contributed by atoms with Gasteiger partial charge < -0.3 is 0 Å². The molecule has 0 aromatic heterocycles. The van der Waals surface area contributed by atoms with Gasteiger partial charge in [-0.2, -0.15) is 15.8 Å². The van der Waals surface area contributed by atoms with E-state index in [1.54, 1.807) is 0 Å². The second-order valence-electron chi connectivity index (χ2n) is 3.68. The lowest BCUT2D eigenvalue weighted by Gasteiger charge is -2.11. The van der Waals surface area contributed by atoms with Crippen molar-refractivity contribution in [2.75, 3.05) is 0 Å². The van der Waals surface area contributed by atoms with Gasteiger partial charge in [0.15, 0.2) is 0 Å². The Balaban J connectivity index is 3.61. The molecule has 0 aromatic carbocycles. The zero-order chi connectivity index (χ0) is 11.4. The lowest BCUT2D eigenvalue weighted by molar-refractivity contribution is 0.428. The van der Waals surface area contributed by atoms with Crippen molar-refractivity contribution in [1.82, 2.24) is 0 Å². The Morgan fingerprint density at radius 3 is 1.93 bits per heavy atom. The lowest BCUT2D eigenvalue weighted by Crippen LogP contribution is -1.99. The molecule has 0 aromatic rings. The van der Waals surface area contributed by atoms with Crippen LogP contribution in [0.4, 0.5) is 0 Å². The Morgan fingerprint density at radius 2 is 1.33 bits per heavy atom. The molecular weight excluding hydrogens is 186 g/mol. The van der Waals surface area contributed by atoms with E-state index in [2.05, 4.69) is 18.2 Å². The van der Waals surface area contributed by atoms with E-state index in [9.17, 15) is 0 Å². The third kappa shape index (κ3) is 8.79. The molecule has 0 saturated carbocycles. The average molecular weight is 203 g/mol. The Labute approximate surface area is 91.9 Å². The van der Waals surface area contributed by atoms with Gasteiger partial charge in [-0.3, -0.25) is 0 Å². The van der Waals surface area contributed by atoms with E-state index in [1.807, 2.05) is 0 Å². The minimum absolute atomic E-state index is 0.419. The fraction of sp³-hybridized carbons (Fsp3) is 0.750. The molecule has 3 nitrogen and oxygen atoms in total. The largest absolute Gasteiger partial charge is 0.198 e. The van der Waals surface area contributed by atoms with Gasteiger partial charge in [0.25, 0.3) is 0 Å². The highest BCUT2D eigenvalue weighted by Gasteiger charge is 2.07. The number of rotatable bonds is 8. The van der Waals surface area contributed by atoms with E-state index in [0.717, 1.165) is 32.1 Å². The summed E-state index contributed by atoms with van der Waals surface area (Å²) in [6.07, 6.45) is 6.59. The first kappa shape index (κ1) is 13.5. The van der Waals surface area contributed by atoms with Crippen LogP contribution in [0.2, 0.25) is 0 Å². The minimum atomic E-state index is 0.419. The van der Waals surface area contributed by atoms with E-state index < -0.39 is 0 Å². The predicted octanol–water partition coefficient (Wildman–Crippen LogP) is 3.29. The zero-order valence-corrected chi connectivity index (χ0v) is 9.08. The SMILES string of the molecule is N#CCCCCC(CC#N)CCCC#N. The molecule has 0 fully saturated rings. The molecule has 0 aliphatic carbocycles. The molecule has 0 aliphatic heterocycles. The molecule has 0 amide bonds. The maximum absolute atomic E-state index is 8.63. The van der Waals surface area contributed by atoms with Crippen LogP contribution in [0, 0.1) is 39.9 Å². The standard InChI is InChI=1S/C12H17N3/c13-9-4-1-2-6-12(8-11-15)7-3-5-10-14/h12H,1-8H2. The van der Waals surface area contributed by atoms with Crippen molar-refractivity contribution in [1.29, 1.82) is 15.8 Å². The number of nitriles is 3. The van der Waals surface area contributed by atoms with Gasteiger partial charge in [0.05, 0.1) is 18.2 Å². The number of unbranched alkanes of at least 4 members (excludes halogenated alkanes) is 3. The van der Waals surface area contributed by atoms with Crippen LogP contribution in [0.3, 0.4) is 0 Å². The van der Waals surface area contributed by atoms with Crippen LogP contribution in [-0.2, 0) is 0 Å². The number of nitrogens with zero attached hydrogens (tertiary/aromatic N) is 3. The van der Waals surface area contributed by atoms with Gasteiger partial charge >= 0.3 is 0 Å². The van der Waals surface area contributed by atoms with Crippen LogP contribution in [0.25, 0.3) is 0 Å². The first-order chi connectivity index (χ1) is 7.35. The minimum Gasteiger partial charge on any atom is -0.198 e. The van der Waals surface area contributed by atoms with E-state index in [-0.39, 0.29) is 0 Å². The van der Waals surface area contributed by atoms with E-state index in [0.29, 0.717) is 25.2 Å². The van der Waals surface area contributed by atoms with Gasteiger partial charge in [-0.1, -0.05) is 6.42 Å². The zero-order valence-electron chi connectivity index (χ0n) is 9.08. The monoisotopic (exact) mass is 203 g/mol. The van der Waals surface area contributed by atoms with Crippen molar-refractivity contribution in [3.05, 3.63) is 0 Å². The fourth-order valence-corrected chi connectivity index (χ4v) is 1.58. The summed E-state index contributed by atoms with van der Waals surface area (Å²) in [5, 5.41) is 25.4. The third-order valence-corrected chi connectivity index (χ3v) is 2.43. The van der Waals surface area contributed by atoms with Gasteiger partial charge in [0.2, 0.25) is 0 Å². The van der Waals surface area contributed by atoms with Crippen LogP contribution >= 0.6 is 0 Å². The molecule has 1 atom stereocenters. The van der Waals surface area contributed by atoms with E-state index in [1.165, 1.54) is 0 Å². The van der Waals surface area contributed by atoms with E-state index in [4.69, 9.17) is 15.8 Å². The smallest absolute Gasteiger partial charge is 0.0624 e. The second-order valence-corrected chi connectivity index (χ2v) is 3.68. The van der Waals surface area contributed by atoms with Crippen molar-refractivity contribution in [2.45, 2.75) is 51.4 Å². The molecule has 3 heteroatoms. The van der Waals surface area contributed by atoms with Crippen molar-refractivity contribution < 1.29 is 0 Å². The molecule has 0 rings (SSSR count). The maximum Gasteiger partial charge on any atom is 0.0624 e. The summed E-state index contributed by atoms with van der Waals surface area (Å²) in [4.78, 5) is 0. The summed E-state index contributed by atoms with van der Waals surface area (Å²) in [7, 11) is 0. The first-order valence-corrected chi connectivity index (χ1v) is 5.46. The summed E-state index contributed by atoms with van der Waals surface area (Å²) < 4.78 is 0. The lowest BCUT2D eigenvalue weighted by atomic mass is 9.93. The van der Waals surface area contributed by atoms with Crippen molar-refractivity contribution in [3.63, 3.8) is 0 Å². The topological polar surface area (TPSA) is 71.4 Å². The van der Waals surface area contributed by atoms with Gasteiger partial charge in [0, 0.05) is 19.3 Å². The van der Waals surface area contributed by atoms with Crippen molar-refractivity contribution in [3.8, 4) is 18.2 Å². The maximum atomic E-state index is 8.63. The number of hydrogen-bond donors (Lipinski definition) is 0. The Morgan fingerprint density at radius 1 is 0.733 bits per heavy atom. The first-order valence-electron chi connectivity index (χ1n) is 5.46. The second kappa shape index (κ2) is 10.6. The Hall–Kier alpha value is -1.53. The van der Waals surface area contributed by atoms with Crippen LogP contribution in [0.1, 0.15) is 51.4 Å². The van der Waals surface area contributed by atoms with Gasteiger partial charge in [0.1, 0.15) is 0 Å². The Kier molecular flexibility index (Phi) is 9.47. The van der Waals surface area contributed by atoms with Crippen LogP contribution in [0.15, 0.2) is 0 Å². The highest BCUT2D eigenvalue weighted by molar-refractivity contribution is 4.78. The molecule has 0 spiro atoms. The predicted molar refractivity (Wildman–Crippen MR) is 57.3 cm³/mol. The van der Waals surface area contributed by atoms with Gasteiger partial charge in [-0.25, -0.2) is 0 Å². The van der Waals surface area contributed by atoms with Crippen LogP contribution in [0.5, 0.6) is 0 Å². The molecular formula is C12H17N3. The van der Waals surface area contributed by atoms with E-state index >= 15 is 0 Å². The van der Waals surface area contributed by atoms with Crippen LogP contribution < -0.4 is 0 Å². The van der Waals surface area contributed by atoms with Crippen LogP contribution in [-0.4, -0.2) is 0 Å². The normalized spacial score (nSPS) is 11.0. The average Bonchev–Trinajstić information content (AvgIpc) is 2.24. The molecule has 1 unspecified atom stereocenters.